The number of fused-ring (bicyclic) bond motifs is 1. The number of rotatable bonds is 1. The first-order valence-electron chi connectivity index (χ1n) is 5.47. The number of ketones is 1. The van der Waals surface area contributed by atoms with Crippen LogP contribution in [0.1, 0.15) is 30.4 Å². The van der Waals surface area contributed by atoms with Gasteiger partial charge in [-0.2, -0.15) is 0 Å². The second-order valence-corrected chi connectivity index (χ2v) is 4.06. The van der Waals surface area contributed by atoms with Crippen molar-refractivity contribution in [3.8, 4) is 5.75 Å². The molecule has 2 nitrogen and oxygen atoms in total. The minimum atomic E-state index is 0.351. The quantitative estimate of drug-likeness (QED) is 0.702. The van der Waals surface area contributed by atoms with Gasteiger partial charge < -0.3 is 4.74 Å². The molecule has 0 atom stereocenters. The normalized spacial score (nSPS) is 16.5. The molecule has 0 amide bonds. The molecular weight excluding hydrogens is 188 g/mol. The molecule has 1 aromatic carbocycles. The van der Waals surface area contributed by atoms with Crippen molar-refractivity contribution in [3.05, 3.63) is 29.3 Å². The third kappa shape index (κ3) is 2.38. The van der Waals surface area contributed by atoms with Crippen molar-refractivity contribution in [3.63, 3.8) is 0 Å². The first-order valence-corrected chi connectivity index (χ1v) is 5.47. The summed E-state index contributed by atoms with van der Waals surface area (Å²) in [7, 11) is 1.66. The van der Waals surface area contributed by atoms with E-state index in [2.05, 4.69) is 6.07 Å². The molecule has 80 valence electrons. The summed E-state index contributed by atoms with van der Waals surface area (Å²) in [6, 6.07) is 6.07. The summed E-state index contributed by atoms with van der Waals surface area (Å²) >= 11 is 0. The van der Waals surface area contributed by atoms with E-state index in [1.54, 1.807) is 7.11 Å². The highest BCUT2D eigenvalue weighted by Crippen LogP contribution is 2.22. The van der Waals surface area contributed by atoms with Crippen LogP contribution in [0.25, 0.3) is 0 Å². The maximum Gasteiger partial charge on any atom is 0.137 e. The number of hydrogen-bond donors (Lipinski definition) is 0. The van der Waals surface area contributed by atoms with Gasteiger partial charge >= 0.3 is 0 Å². The van der Waals surface area contributed by atoms with Gasteiger partial charge in [0.25, 0.3) is 0 Å². The van der Waals surface area contributed by atoms with Gasteiger partial charge in [-0.15, -0.1) is 0 Å². The minimum Gasteiger partial charge on any atom is -0.497 e. The molecule has 0 fully saturated rings. The zero-order valence-corrected chi connectivity index (χ0v) is 9.08. The Morgan fingerprint density at radius 2 is 1.93 bits per heavy atom. The molecular formula is C13H16O2. The fourth-order valence-electron chi connectivity index (χ4n) is 2.08. The molecule has 0 heterocycles. The van der Waals surface area contributed by atoms with Crippen LogP contribution >= 0.6 is 0 Å². The van der Waals surface area contributed by atoms with E-state index in [4.69, 9.17) is 4.74 Å². The molecule has 1 aliphatic rings. The molecule has 0 saturated carbocycles. The van der Waals surface area contributed by atoms with E-state index in [1.165, 1.54) is 5.56 Å². The van der Waals surface area contributed by atoms with Crippen molar-refractivity contribution in [2.45, 2.75) is 32.1 Å². The van der Waals surface area contributed by atoms with E-state index < -0.39 is 0 Å². The summed E-state index contributed by atoms with van der Waals surface area (Å²) in [6.45, 7) is 0. The largest absolute Gasteiger partial charge is 0.497 e. The Balaban J connectivity index is 2.32. The van der Waals surface area contributed by atoms with Gasteiger partial charge in [0.2, 0.25) is 0 Å². The van der Waals surface area contributed by atoms with E-state index in [9.17, 15) is 4.79 Å². The summed E-state index contributed by atoms with van der Waals surface area (Å²) < 4.78 is 5.18. The van der Waals surface area contributed by atoms with Crippen LogP contribution in [0, 0.1) is 0 Å². The molecule has 0 bridgehead atoms. The predicted molar refractivity (Wildman–Crippen MR) is 59.3 cm³/mol. The van der Waals surface area contributed by atoms with Gasteiger partial charge in [-0.05, 0) is 42.5 Å². The van der Waals surface area contributed by atoms with Crippen LogP contribution in [0.4, 0.5) is 0 Å². The van der Waals surface area contributed by atoms with Gasteiger partial charge in [0.05, 0.1) is 7.11 Å². The predicted octanol–water partition coefficient (Wildman–Crippen LogP) is 2.53. The minimum absolute atomic E-state index is 0.351. The highest BCUT2D eigenvalue weighted by atomic mass is 16.5. The third-order valence-electron chi connectivity index (χ3n) is 2.95. The van der Waals surface area contributed by atoms with Crippen molar-refractivity contribution in [1.82, 2.24) is 0 Å². The summed E-state index contributed by atoms with van der Waals surface area (Å²) in [5, 5.41) is 0. The van der Waals surface area contributed by atoms with Gasteiger partial charge in [0.15, 0.2) is 0 Å². The lowest BCUT2D eigenvalue weighted by atomic mass is 9.92. The van der Waals surface area contributed by atoms with Crippen LogP contribution < -0.4 is 4.74 Å². The summed E-state index contributed by atoms with van der Waals surface area (Å²) in [5.74, 6) is 1.20. The maximum atomic E-state index is 11.6. The molecule has 2 heteroatoms. The SMILES string of the molecule is COc1ccc2c(c1)CC(=O)CCCC2. The van der Waals surface area contributed by atoms with Crippen LogP contribution in [0.15, 0.2) is 18.2 Å². The van der Waals surface area contributed by atoms with E-state index in [1.807, 2.05) is 12.1 Å². The highest BCUT2D eigenvalue weighted by molar-refractivity contribution is 5.81. The smallest absolute Gasteiger partial charge is 0.137 e. The average molecular weight is 204 g/mol. The maximum absolute atomic E-state index is 11.6. The number of aryl methyl sites for hydroxylation is 1. The number of carbonyl (C=O) groups is 1. The molecule has 0 N–H and O–H groups in total. The van der Waals surface area contributed by atoms with Gasteiger partial charge in [-0.25, -0.2) is 0 Å². The van der Waals surface area contributed by atoms with E-state index in [-0.39, 0.29) is 0 Å². The molecule has 0 aromatic heterocycles. The Morgan fingerprint density at radius 1 is 1.13 bits per heavy atom. The first kappa shape index (κ1) is 10.2. The zero-order chi connectivity index (χ0) is 10.7. The van der Waals surface area contributed by atoms with E-state index >= 15 is 0 Å². The molecule has 0 spiro atoms. The monoisotopic (exact) mass is 204 g/mol. The van der Waals surface area contributed by atoms with Crippen molar-refractivity contribution in [2.75, 3.05) is 7.11 Å². The molecule has 1 aliphatic carbocycles. The van der Waals surface area contributed by atoms with E-state index in [0.29, 0.717) is 12.2 Å². The first-order chi connectivity index (χ1) is 7.29. The van der Waals surface area contributed by atoms with Gasteiger partial charge in [-0.1, -0.05) is 6.07 Å². The number of benzene rings is 1. The summed E-state index contributed by atoms with van der Waals surface area (Å²) in [6.07, 6.45) is 4.55. The number of methoxy groups -OCH3 is 1. The average Bonchev–Trinajstić information content (AvgIpc) is 2.22. The van der Waals surface area contributed by atoms with Crippen LogP contribution in [0.3, 0.4) is 0 Å². The second kappa shape index (κ2) is 4.47. The number of Topliss-reactive ketones (excluding diaryl/α,β-unsaturated/α-hetero) is 1. The van der Waals surface area contributed by atoms with Crippen molar-refractivity contribution in [1.29, 1.82) is 0 Å². The molecule has 15 heavy (non-hydrogen) atoms. The Bertz CT molecular complexity index is 369. The molecule has 1 aromatic rings. The topological polar surface area (TPSA) is 26.3 Å². The summed E-state index contributed by atoms with van der Waals surface area (Å²) in [5.41, 5.74) is 2.46. The Kier molecular flexibility index (Phi) is 3.05. The van der Waals surface area contributed by atoms with Crippen molar-refractivity contribution < 1.29 is 9.53 Å². The second-order valence-electron chi connectivity index (χ2n) is 4.06. The Morgan fingerprint density at radius 3 is 2.73 bits per heavy atom. The van der Waals surface area contributed by atoms with Crippen LogP contribution in [0.5, 0.6) is 5.75 Å². The van der Waals surface area contributed by atoms with Crippen LogP contribution in [-0.4, -0.2) is 12.9 Å². The molecule has 0 aliphatic heterocycles. The summed E-state index contributed by atoms with van der Waals surface area (Å²) in [4.78, 5) is 11.6. The number of carbonyl (C=O) groups excluding carboxylic acids is 1. The molecule has 0 unspecified atom stereocenters. The lowest BCUT2D eigenvalue weighted by Gasteiger charge is -2.13. The van der Waals surface area contributed by atoms with E-state index in [0.717, 1.165) is 37.0 Å². The lowest BCUT2D eigenvalue weighted by Crippen LogP contribution is -2.09. The molecule has 0 radical (unpaired) electrons. The van der Waals surface area contributed by atoms with Gasteiger partial charge in [0.1, 0.15) is 11.5 Å². The number of hydrogen-bond acceptors (Lipinski definition) is 2. The zero-order valence-electron chi connectivity index (χ0n) is 9.08. The van der Waals surface area contributed by atoms with Crippen LogP contribution in [0.2, 0.25) is 0 Å². The standard InChI is InChI=1S/C13H16O2/c1-15-13-7-6-10-4-2-3-5-12(14)8-11(10)9-13/h6-7,9H,2-5,8H2,1H3. The third-order valence-corrected chi connectivity index (χ3v) is 2.95. The Hall–Kier alpha value is -1.31. The van der Waals surface area contributed by atoms with Crippen molar-refractivity contribution in [2.24, 2.45) is 0 Å². The van der Waals surface area contributed by atoms with Gasteiger partial charge in [0, 0.05) is 12.8 Å². The lowest BCUT2D eigenvalue weighted by molar-refractivity contribution is -0.118. The molecule has 2 rings (SSSR count). The fraction of sp³-hybridized carbons (Fsp3) is 0.462. The van der Waals surface area contributed by atoms with Crippen LogP contribution in [-0.2, 0) is 17.6 Å². The van der Waals surface area contributed by atoms with Gasteiger partial charge in [-0.3, -0.25) is 4.79 Å². The number of ether oxygens (including phenoxy) is 1. The van der Waals surface area contributed by atoms with Crippen molar-refractivity contribution >= 4 is 5.78 Å². The Labute approximate surface area is 90.3 Å². The fourth-order valence-corrected chi connectivity index (χ4v) is 2.08. The molecule has 0 saturated heterocycles. The highest BCUT2D eigenvalue weighted by Gasteiger charge is 2.12.